The van der Waals surface area contributed by atoms with Crippen LogP contribution in [0.1, 0.15) is 6.92 Å². The van der Waals surface area contributed by atoms with Gasteiger partial charge in [0.15, 0.2) is 16.8 Å². The third-order valence-electron chi connectivity index (χ3n) is 3.73. The molecule has 2 aliphatic rings. The van der Waals surface area contributed by atoms with E-state index in [-0.39, 0.29) is 5.43 Å². The van der Waals surface area contributed by atoms with Crippen molar-refractivity contribution in [3.63, 3.8) is 0 Å². The fourth-order valence-electron chi connectivity index (χ4n) is 2.78. The van der Waals surface area contributed by atoms with E-state index in [2.05, 4.69) is 18.3 Å². The van der Waals surface area contributed by atoms with Gasteiger partial charge in [-0.25, -0.2) is 4.98 Å². The van der Waals surface area contributed by atoms with Crippen LogP contribution < -0.4 is 10.7 Å². The minimum Gasteiger partial charge on any atom is -0.453 e. The summed E-state index contributed by atoms with van der Waals surface area (Å²) in [4.78, 5) is 16.2. The van der Waals surface area contributed by atoms with Gasteiger partial charge in [0, 0.05) is 23.7 Å². The van der Waals surface area contributed by atoms with E-state index in [1.807, 2.05) is 24.3 Å². The lowest BCUT2D eigenvalue weighted by Crippen LogP contribution is -2.01. The Morgan fingerprint density at radius 3 is 2.91 bits per heavy atom. The topological polar surface area (TPSA) is 55.1 Å². The van der Waals surface area contributed by atoms with Crippen LogP contribution in [0.4, 0.5) is 5.69 Å². The van der Waals surface area contributed by atoms with Crippen LogP contribution in [-0.4, -0.2) is 11.5 Å². The highest BCUT2D eigenvalue weighted by Crippen LogP contribution is 2.33. The monoisotopic (exact) mass is 290 g/mol. The first-order valence-corrected chi connectivity index (χ1v) is 7.26. The van der Waals surface area contributed by atoms with E-state index in [9.17, 15) is 4.79 Å². The average Bonchev–Trinajstić information content (AvgIpc) is 2.53. The largest absolute Gasteiger partial charge is 0.453 e. The van der Waals surface area contributed by atoms with Gasteiger partial charge in [-0.1, -0.05) is 18.2 Å². The van der Waals surface area contributed by atoms with Crippen LogP contribution in [0.5, 0.6) is 0 Å². The molecular formula is C18H14N2O2. The fourth-order valence-corrected chi connectivity index (χ4v) is 2.78. The Kier molecular flexibility index (Phi) is 2.82. The minimum atomic E-state index is -0.0773. The summed E-state index contributed by atoms with van der Waals surface area (Å²) in [6.07, 6.45) is 0. The summed E-state index contributed by atoms with van der Waals surface area (Å²) in [7, 11) is 0. The molecule has 0 bridgehead atoms. The third-order valence-corrected chi connectivity index (χ3v) is 3.73. The number of fused-ring (bicyclic) bond motifs is 4. The summed E-state index contributed by atoms with van der Waals surface area (Å²) in [5.74, 6) is 0.514. The Morgan fingerprint density at radius 1 is 1.14 bits per heavy atom. The Bertz CT molecular complexity index is 1020. The van der Waals surface area contributed by atoms with E-state index < -0.39 is 0 Å². The molecule has 0 spiro atoms. The third kappa shape index (κ3) is 1.92. The number of rotatable bonds is 2. The van der Waals surface area contributed by atoms with Gasteiger partial charge in [0.25, 0.3) is 0 Å². The normalized spacial score (nSPS) is 11.3. The van der Waals surface area contributed by atoms with Crippen molar-refractivity contribution in [1.82, 2.24) is 4.98 Å². The molecule has 0 fully saturated rings. The molecule has 4 nitrogen and oxygen atoms in total. The first-order chi connectivity index (χ1) is 10.8. The first kappa shape index (κ1) is 12.8. The minimum absolute atomic E-state index is 0.0773. The van der Waals surface area contributed by atoms with E-state index in [1.54, 1.807) is 6.07 Å². The van der Waals surface area contributed by atoms with E-state index in [0.717, 1.165) is 28.5 Å². The van der Waals surface area contributed by atoms with Crippen LogP contribution in [0.15, 0.2) is 57.7 Å². The summed E-state index contributed by atoms with van der Waals surface area (Å²) < 4.78 is 5.88. The van der Waals surface area contributed by atoms with Crippen LogP contribution >= 0.6 is 0 Å². The number of nitrogens with one attached hydrogen (secondary N) is 1. The van der Waals surface area contributed by atoms with Gasteiger partial charge in [0.1, 0.15) is 11.2 Å². The molecule has 4 heteroatoms. The van der Waals surface area contributed by atoms with Crippen LogP contribution in [-0.2, 0) is 0 Å². The maximum atomic E-state index is 11.5. The molecule has 4 rings (SSSR count). The zero-order valence-corrected chi connectivity index (χ0v) is 12.1. The molecule has 1 N–H and O–H groups in total. The Hall–Kier alpha value is -2.88. The number of nitrogens with zero attached hydrogens (tertiary/aromatic N) is 1. The Labute approximate surface area is 126 Å². The zero-order chi connectivity index (χ0) is 15.1. The smallest absolute Gasteiger partial charge is 0.182 e. The van der Waals surface area contributed by atoms with E-state index in [1.165, 1.54) is 12.1 Å². The van der Waals surface area contributed by atoms with E-state index in [0.29, 0.717) is 17.0 Å². The molecule has 0 atom stereocenters. The fraction of sp³-hybridized carbons (Fsp3) is 0.111. The number of hydrogen-bond donors (Lipinski definition) is 1. The molecule has 0 saturated heterocycles. The molecule has 0 aromatic heterocycles. The number of benzene rings is 3. The highest BCUT2D eigenvalue weighted by molar-refractivity contribution is 6.10. The molecular weight excluding hydrogens is 276 g/mol. The van der Waals surface area contributed by atoms with Crippen molar-refractivity contribution < 1.29 is 4.42 Å². The molecule has 108 valence electrons. The zero-order valence-electron chi connectivity index (χ0n) is 12.1. The standard InChI is InChI=1S/C18H14N2O2/c1-2-19-14-5-3-4-11-6-9-15-18(17(11)14)20-13-8-7-12(21)10-16(13)22-15/h3-10,19H,2H2,1H3. The van der Waals surface area contributed by atoms with Gasteiger partial charge in [-0.15, -0.1) is 0 Å². The average molecular weight is 290 g/mol. The van der Waals surface area contributed by atoms with Crippen LogP contribution in [0.2, 0.25) is 0 Å². The molecule has 0 radical (unpaired) electrons. The van der Waals surface area contributed by atoms with Crippen molar-refractivity contribution in [2.75, 3.05) is 11.9 Å². The van der Waals surface area contributed by atoms with Crippen LogP contribution in [0.25, 0.3) is 33.3 Å². The molecule has 22 heavy (non-hydrogen) atoms. The van der Waals surface area contributed by atoms with E-state index in [4.69, 9.17) is 9.40 Å². The van der Waals surface area contributed by atoms with Crippen molar-refractivity contribution in [1.29, 1.82) is 0 Å². The Balaban J connectivity index is 2.17. The molecule has 2 aromatic carbocycles. The van der Waals surface area contributed by atoms with Gasteiger partial charge in [-0.3, -0.25) is 4.79 Å². The second-order valence-corrected chi connectivity index (χ2v) is 5.19. The highest BCUT2D eigenvalue weighted by atomic mass is 16.3. The van der Waals surface area contributed by atoms with Gasteiger partial charge < -0.3 is 9.73 Å². The van der Waals surface area contributed by atoms with Crippen LogP contribution in [0.3, 0.4) is 0 Å². The maximum Gasteiger partial charge on any atom is 0.182 e. The lowest BCUT2D eigenvalue weighted by molar-refractivity contribution is 0.613. The van der Waals surface area contributed by atoms with Gasteiger partial charge in [-0.05, 0) is 36.6 Å². The van der Waals surface area contributed by atoms with Crippen molar-refractivity contribution >= 4 is 27.6 Å². The summed E-state index contributed by atoms with van der Waals surface area (Å²) in [6.45, 7) is 2.90. The van der Waals surface area contributed by atoms with Crippen molar-refractivity contribution in [3.05, 3.63) is 58.8 Å². The molecule has 1 aliphatic carbocycles. The second kappa shape index (κ2) is 4.84. The number of aromatic nitrogens is 1. The van der Waals surface area contributed by atoms with Crippen molar-refractivity contribution in [3.8, 4) is 11.5 Å². The summed E-state index contributed by atoms with van der Waals surface area (Å²) >= 11 is 0. The van der Waals surface area contributed by atoms with Crippen molar-refractivity contribution in [2.45, 2.75) is 6.92 Å². The van der Waals surface area contributed by atoms with Gasteiger partial charge in [0.2, 0.25) is 0 Å². The maximum absolute atomic E-state index is 11.5. The predicted octanol–water partition coefficient (Wildman–Crippen LogP) is 3.88. The van der Waals surface area contributed by atoms with Gasteiger partial charge >= 0.3 is 0 Å². The molecule has 1 aliphatic heterocycles. The lowest BCUT2D eigenvalue weighted by Gasteiger charge is -2.12. The number of anilines is 1. The van der Waals surface area contributed by atoms with Crippen LogP contribution in [0, 0.1) is 0 Å². The summed E-state index contributed by atoms with van der Waals surface area (Å²) in [5.41, 5.74) is 3.13. The number of hydrogen-bond acceptors (Lipinski definition) is 4. The molecule has 0 amide bonds. The highest BCUT2D eigenvalue weighted by Gasteiger charge is 2.13. The lowest BCUT2D eigenvalue weighted by atomic mass is 10.1. The molecule has 1 heterocycles. The molecule has 2 aromatic rings. The summed E-state index contributed by atoms with van der Waals surface area (Å²) in [5, 5.41) is 5.51. The van der Waals surface area contributed by atoms with Gasteiger partial charge in [-0.2, -0.15) is 0 Å². The van der Waals surface area contributed by atoms with Crippen molar-refractivity contribution in [2.24, 2.45) is 0 Å². The molecule has 0 saturated carbocycles. The SMILES string of the molecule is CCNc1cccc2ccc3oc4cc(=O)ccc-4nc3c12. The quantitative estimate of drug-likeness (QED) is 0.449. The Morgan fingerprint density at radius 2 is 2.05 bits per heavy atom. The van der Waals surface area contributed by atoms with E-state index >= 15 is 0 Å². The summed E-state index contributed by atoms with van der Waals surface area (Å²) in [6, 6.07) is 14.7. The molecule has 0 unspecified atom stereocenters. The first-order valence-electron chi connectivity index (χ1n) is 7.26. The second-order valence-electron chi connectivity index (χ2n) is 5.19. The predicted molar refractivity (Wildman–Crippen MR) is 88.6 cm³/mol. The van der Waals surface area contributed by atoms with Gasteiger partial charge in [0.05, 0.1) is 0 Å².